The van der Waals surface area contributed by atoms with Gasteiger partial charge in [-0.15, -0.1) is 0 Å². The lowest BCUT2D eigenvalue weighted by molar-refractivity contribution is 0.638. The second-order valence-corrected chi connectivity index (χ2v) is 4.74. The fourth-order valence-electron chi connectivity index (χ4n) is 1.57. The summed E-state index contributed by atoms with van der Waals surface area (Å²) >= 11 is 3.50. The third-order valence-electron chi connectivity index (χ3n) is 2.57. The highest BCUT2D eigenvalue weighted by Gasteiger charge is 2.02. The van der Waals surface area contributed by atoms with E-state index in [2.05, 4.69) is 26.3 Å². The standard InChI is InChI=1S/C12H15BrN4/c1-9-7-12(10(13)8-11(9)14)15-4-6-17-5-2-3-16-17/h2-3,5,7-8,15H,4,6,14H2,1H3. The number of nitrogen functional groups attached to an aromatic ring is 1. The SMILES string of the molecule is Cc1cc(NCCn2cccn2)c(Br)cc1N. The molecular weight excluding hydrogens is 280 g/mol. The van der Waals surface area contributed by atoms with Gasteiger partial charge in [0, 0.05) is 34.8 Å². The minimum atomic E-state index is 0.800. The molecule has 0 atom stereocenters. The molecule has 0 saturated carbocycles. The molecule has 0 radical (unpaired) electrons. The van der Waals surface area contributed by atoms with Gasteiger partial charge in [-0.05, 0) is 46.6 Å². The molecule has 17 heavy (non-hydrogen) atoms. The zero-order valence-corrected chi connectivity index (χ0v) is 11.2. The zero-order valence-electron chi connectivity index (χ0n) is 9.65. The van der Waals surface area contributed by atoms with Crippen LogP contribution in [0.25, 0.3) is 0 Å². The molecule has 2 aromatic rings. The molecule has 0 saturated heterocycles. The predicted molar refractivity (Wildman–Crippen MR) is 74.0 cm³/mol. The number of hydrogen-bond acceptors (Lipinski definition) is 3. The second kappa shape index (κ2) is 5.23. The minimum Gasteiger partial charge on any atom is -0.398 e. The first-order valence-electron chi connectivity index (χ1n) is 5.44. The van der Waals surface area contributed by atoms with Gasteiger partial charge in [-0.1, -0.05) is 0 Å². The first kappa shape index (κ1) is 12.0. The van der Waals surface area contributed by atoms with Crippen LogP contribution in [-0.4, -0.2) is 16.3 Å². The van der Waals surface area contributed by atoms with Gasteiger partial charge in [0.1, 0.15) is 0 Å². The first-order chi connectivity index (χ1) is 8.16. The first-order valence-corrected chi connectivity index (χ1v) is 6.23. The van der Waals surface area contributed by atoms with Gasteiger partial charge in [-0.25, -0.2) is 0 Å². The van der Waals surface area contributed by atoms with Crippen molar-refractivity contribution in [2.45, 2.75) is 13.5 Å². The predicted octanol–water partition coefficient (Wildman–Crippen LogP) is 2.65. The largest absolute Gasteiger partial charge is 0.398 e. The Hall–Kier alpha value is -1.49. The topological polar surface area (TPSA) is 55.9 Å². The molecule has 0 bridgehead atoms. The number of rotatable bonds is 4. The highest BCUT2D eigenvalue weighted by Crippen LogP contribution is 2.27. The van der Waals surface area contributed by atoms with E-state index < -0.39 is 0 Å². The number of aromatic nitrogens is 2. The normalized spacial score (nSPS) is 10.5. The fraction of sp³-hybridized carbons (Fsp3) is 0.250. The lowest BCUT2D eigenvalue weighted by atomic mass is 10.2. The van der Waals surface area contributed by atoms with Crippen molar-refractivity contribution in [3.8, 4) is 0 Å². The molecule has 0 aliphatic heterocycles. The lowest BCUT2D eigenvalue weighted by Crippen LogP contribution is -2.11. The maximum atomic E-state index is 5.82. The van der Waals surface area contributed by atoms with E-state index in [4.69, 9.17) is 5.73 Å². The van der Waals surface area contributed by atoms with Crippen molar-refractivity contribution in [3.05, 3.63) is 40.6 Å². The Kier molecular flexibility index (Phi) is 3.68. The van der Waals surface area contributed by atoms with E-state index in [-0.39, 0.29) is 0 Å². The Morgan fingerprint density at radius 1 is 1.47 bits per heavy atom. The Bertz CT molecular complexity index is 493. The van der Waals surface area contributed by atoms with Gasteiger partial charge in [0.2, 0.25) is 0 Å². The van der Waals surface area contributed by atoms with Crippen LogP contribution in [0.4, 0.5) is 11.4 Å². The molecule has 90 valence electrons. The van der Waals surface area contributed by atoms with Gasteiger partial charge in [-0.3, -0.25) is 4.68 Å². The third-order valence-corrected chi connectivity index (χ3v) is 3.23. The van der Waals surface area contributed by atoms with Crippen molar-refractivity contribution in [3.63, 3.8) is 0 Å². The molecule has 0 amide bonds. The summed E-state index contributed by atoms with van der Waals surface area (Å²) in [7, 11) is 0. The summed E-state index contributed by atoms with van der Waals surface area (Å²) in [6, 6.07) is 5.89. The van der Waals surface area contributed by atoms with Gasteiger partial charge in [-0.2, -0.15) is 5.10 Å². The Balaban J connectivity index is 1.97. The van der Waals surface area contributed by atoms with Gasteiger partial charge in [0.05, 0.1) is 6.54 Å². The molecule has 3 N–H and O–H groups in total. The van der Waals surface area contributed by atoms with E-state index in [9.17, 15) is 0 Å². The lowest BCUT2D eigenvalue weighted by Gasteiger charge is -2.11. The van der Waals surface area contributed by atoms with E-state index in [1.54, 1.807) is 6.20 Å². The zero-order chi connectivity index (χ0) is 12.3. The number of anilines is 2. The average molecular weight is 295 g/mol. The van der Waals surface area contributed by atoms with Crippen molar-refractivity contribution in [1.29, 1.82) is 0 Å². The summed E-state index contributed by atoms with van der Waals surface area (Å²) in [4.78, 5) is 0. The fourth-order valence-corrected chi connectivity index (χ4v) is 2.07. The summed E-state index contributed by atoms with van der Waals surface area (Å²) in [6.45, 7) is 3.66. The molecule has 4 nitrogen and oxygen atoms in total. The molecule has 1 aromatic heterocycles. The van der Waals surface area contributed by atoms with Crippen LogP contribution in [0.1, 0.15) is 5.56 Å². The monoisotopic (exact) mass is 294 g/mol. The molecule has 2 rings (SSSR count). The van der Waals surface area contributed by atoms with Crippen molar-refractivity contribution >= 4 is 27.3 Å². The summed E-state index contributed by atoms with van der Waals surface area (Å²) < 4.78 is 2.88. The molecule has 5 heteroatoms. The maximum Gasteiger partial charge on any atom is 0.0582 e. The number of aryl methyl sites for hydroxylation is 1. The van der Waals surface area contributed by atoms with Crippen LogP contribution in [0.3, 0.4) is 0 Å². The van der Waals surface area contributed by atoms with E-state index in [0.717, 1.165) is 34.5 Å². The van der Waals surface area contributed by atoms with Crippen LogP contribution in [0.15, 0.2) is 35.1 Å². The Morgan fingerprint density at radius 3 is 3.00 bits per heavy atom. The highest BCUT2D eigenvalue weighted by molar-refractivity contribution is 9.10. The molecule has 0 unspecified atom stereocenters. The molecule has 1 aromatic carbocycles. The van der Waals surface area contributed by atoms with Crippen LogP contribution < -0.4 is 11.1 Å². The van der Waals surface area contributed by atoms with Crippen LogP contribution in [0, 0.1) is 6.92 Å². The van der Waals surface area contributed by atoms with Crippen molar-refractivity contribution in [2.75, 3.05) is 17.6 Å². The summed E-state index contributed by atoms with van der Waals surface area (Å²) in [5.74, 6) is 0. The van der Waals surface area contributed by atoms with Gasteiger partial charge in [0.25, 0.3) is 0 Å². The van der Waals surface area contributed by atoms with Gasteiger partial charge in [0.15, 0.2) is 0 Å². The maximum absolute atomic E-state index is 5.82. The summed E-state index contributed by atoms with van der Waals surface area (Å²) in [5, 5.41) is 7.50. The van der Waals surface area contributed by atoms with Crippen molar-refractivity contribution in [1.82, 2.24) is 9.78 Å². The van der Waals surface area contributed by atoms with Crippen molar-refractivity contribution < 1.29 is 0 Å². The van der Waals surface area contributed by atoms with E-state index in [1.807, 2.05) is 36.0 Å². The molecule has 0 aliphatic carbocycles. The molecule has 0 aliphatic rings. The number of hydrogen-bond donors (Lipinski definition) is 2. The van der Waals surface area contributed by atoms with Crippen LogP contribution in [0.5, 0.6) is 0 Å². The van der Waals surface area contributed by atoms with Crippen LogP contribution >= 0.6 is 15.9 Å². The van der Waals surface area contributed by atoms with E-state index in [0.29, 0.717) is 0 Å². The molecular formula is C12H15BrN4. The molecule has 0 fully saturated rings. The summed E-state index contributed by atoms with van der Waals surface area (Å²) in [6.07, 6.45) is 3.73. The number of benzene rings is 1. The van der Waals surface area contributed by atoms with Gasteiger partial charge < -0.3 is 11.1 Å². The van der Waals surface area contributed by atoms with Crippen LogP contribution in [0.2, 0.25) is 0 Å². The Labute approximate surface area is 109 Å². The number of nitrogens with one attached hydrogen (secondary N) is 1. The van der Waals surface area contributed by atoms with Crippen LogP contribution in [-0.2, 0) is 6.54 Å². The minimum absolute atomic E-state index is 0.800. The third kappa shape index (κ3) is 3.00. The number of halogens is 1. The molecule has 0 spiro atoms. The van der Waals surface area contributed by atoms with Crippen molar-refractivity contribution in [2.24, 2.45) is 0 Å². The quantitative estimate of drug-likeness (QED) is 0.853. The van der Waals surface area contributed by atoms with E-state index >= 15 is 0 Å². The molecule has 1 heterocycles. The number of nitrogens with two attached hydrogens (primary N) is 1. The highest BCUT2D eigenvalue weighted by atomic mass is 79.9. The Morgan fingerprint density at radius 2 is 2.29 bits per heavy atom. The average Bonchev–Trinajstić information content (AvgIpc) is 2.78. The second-order valence-electron chi connectivity index (χ2n) is 3.88. The van der Waals surface area contributed by atoms with Gasteiger partial charge >= 0.3 is 0 Å². The smallest absolute Gasteiger partial charge is 0.0582 e. The number of nitrogens with zero attached hydrogens (tertiary/aromatic N) is 2. The summed E-state index contributed by atoms with van der Waals surface area (Å²) in [5.41, 5.74) is 8.76. The van der Waals surface area contributed by atoms with E-state index in [1.165, 1.54) is 0 Å².